The summed E-state index contributed by atoms with van der Waals surface area (Å²) < 4.78 is 39.4. The fourth-order valence-corrected chi connectivity index (χ4v) is 7.15. The molecule has 5 rings (SSSR count). The topological polar surface area (TPSA) is 180 Å². The molecule has 0 aliphatic heterocycles. The van der Waals surface area contributed by atoms with Gasteiger partial charge in [0.1, 0.15) is 24.5 Å². The molecule has 0 aliphatic carbocycles. The molecule has 0 atom stereocenters. The monoisotopic (exact) mass is 695 g/mol. The van der Waals surface area contributed by atoms with Crippen LogP contribution >= 0.6 is 0 Å². The van der Waals surface area contributed by atoms with Crippen LogP contribution in [0.2, 0.25) is 0 Å². The Morgan fingerprint density at radius 2 is 1.58 bits per heavy atom. The second kappa shape index (κ2) is 15.0. The molecule has 256 valence electrons. The minimum absolute atomic E-state index is 0.0509. The number of rotatable bonds is 13. The number of para-hydroxylation sites is 1. The van der Waals surface area contributed by atoms with Gasteiger partial charge in [0.2, 0.25) is 5.91 Å². The van der Waals surface area contributed by atoms with Crippen molar-refractivity contribution in [2.75, 3.05) is 38.2 Å². The number of aromatic amines is 1. The number of ketones is 1. The lowest BCUT2D eigenvalue weighted by Gasteiger charge is -2.28. The van der Waals surface area contributed by atoms with Crippen molar-refractivity contribution in [1.82, 2.24) is 14.9 Å². The molecule has 0 radical (unpaired) electrons. The second-order valence-electron chi connectivity index (χ2n) is 11.3. The van der Waals surface area contributed by atoms with E-state index in [-0.39, 0.29) is 28.3 Å². The summed E-state index contributed by atoms with van der Waals surface area (Å²) in [4.78, 5) is 59.9. The number of H-pyrrole nitrogens is 1. The van der Waals surface area contributed by atoms with Crippen molar-refractivity contribution in [3.63, 3.8) is 0 Å². The van der Waals surface area contributed by atoms with Gasteiger partial charge in [-0.2, -0.15) is 5.26 Å². The number of Topliss-reactive ketones (excluding diaryl/α,β-unsaturated/α-hetero) is 1. The largest absolute Gasteiger partial charge is 0.468 e. The summed E-state index contributed by atoms with van der Waals surface area (Å²) in [6.45, 7) is -0.355. The third-order valence-corrected chi connectivity index (χ3v) is 9.96. The van der Waals surface area contributed by atoms with E-state index in [1.165, 1.54) is 24.4 Å². The molecule has 14 heteroatoms. The number of nitrogens with zero attached hydrogens (tertiary/aromatic N) is 4. The van der Waals surface area contributed by atoms with Gasteiger partial charge in [-0.1, -0.05) is 30.3 Å². The zero-order chi connectivity index (χ0) is 36.0. The predicted molar refractivity (Wildman–Crippen MR) is 184 cm³/mol. The number of carbonyl (C=O) groups excluding carboxylic acids is 4. The highest BCUT2D eigenvalue weighted by Gasteiger charge is 2.33. The molecular weight excluding hydrogens is 662 g/mol. The fourth-order valence-electron chi connectivity index (χ4n) is 5.57. The summed E-state index contributed by atoms with van der Waals surface area (Å²) in [7, 11) is -2.32. The number of carbonyl (C=O) groups is 4. The van der Waals surface area contributed by atoms with Crippen LogP contribution in [0, 0.1) is 18.3 Å². The van der Waals surface area contributed by atoms with Crippen LogP contribution in [0.15, 0.2) is 83.9 Å². The standard InChI is InChI=1S/C36H33N5O8S/c1-23-35(30(42)16-13-24-9-11-25(19-37)12-10-24)28-18-27(14-15-29(28)39-23)41(20-32(43)40(21-33(44)48-2)22-34(45)49-3)50(46,47)31-8-4-6-26-7-5-17-38-36(26)31/h4-12,14-15,17-18,39H,13,16,20-22H2,1-3H3. The number of hydrogen-bond donors (Lipinski definition) is 1. The molecule has 1 N–H and O–H groups in total. The first-order valence-electron chi connectivity index (χ1n) is 15.4. The molecule has 0 fully saturated rings. The van der Waals surface area contributed by atoms with Gasteiger partial charge in [-0.15, -0.1) is 0 Å². The summed E-state index contributed by atoms with van der Waals surface area (Å²) in [5.74, 6) is -2.74. The SMILES string of the molecule is COC(=O)CN(CC(=O)OC)C(=O)CN(c1ccc2[nH]c(C)c(C(=O)CCc3ccc(C#N)cc3)c2c1)S(=O)(=O)c1cccc2cccnc12. The third kappa shape index (κ3) is 7.48. The predicted octanol–water partition coefficient (Wildman–Crippen LogP) is 4.08. The van der Waals surface area contributed by atoms with E-state index in [1.807, 2.05) is 0 Å². The number of anilines is 1. The van der Waals surface area contributed by atoms with E-state index in [9.17, 15) is 27.6 Å². The van der Waals surface area contributed by atoms with E-state index in [4.69, 9.17) is 14.7 Å². The van der Waals surface area contributed by atoms with Gasteiger partial charge >= 0.3 is 11.9 Å². The van der Waals surface area contributed by atoms with E-state index >= 15 is 0 Å². The minimum atomic E-state index is -4.55. The lowest BCUT2D eigenvalue weighted by molar-refractivity contribution is -0.151. The van der Waals surface area contributed by atoms with Crippen molar-refractivity contribution in [3.8, 4) is 6.07 Å². The summed E-state index contributed by atoms with van der Waals surface area (Å²) in [6, 6.07) is 21.6. The summed E-state index contributed by atoms with van der Waals surface area (Å²) in [5, 5.41) is 10.1. The van der Waals surface area contributed by atoms with E-state index in [0.717, 1.165) is 29.0 Å². The first-order valence-corrected chi connectivity index (χ1v) is 16.8. The number of nitrogens with one attached hydrogen (secondary N) is 1. The number of pyridine rings is 1. The Kier molecular flexibility index (Phi) is 10.6. The molecule has 13 nitrogen and oxygen atoms in total. The maximum absolute atomic E-state index is 14.6. The Morgan fingerprint density at radius 3 is 2.24 bits per heavy atom. The van der Waals surface area contributed by atoms with Crippen molar-refractivity contribution >= 4 is 61.1 Å². The van der Waals surface area contributed by atoms with Gasteiger partial charge in [0.15, 0.2) is 5.78 Å². The van der Waals surface area contributed by atoms with Crippen molar-refractivity contribution in [3.05, 3.63) is 101 Å². The first-order chi connectivity index (χ1) is 24.0. The molecule has 0 spiro atoms. The Labute approximate surface area is 288 Å². The number of aromatic nitrogens is 2. The number of ether oxygens (including phenoxy) is 2. The molecule has 50 heavy (non-hydrogen) atoms. The van der Waals surface area contributed by atoms with Gasteiger partial charge in [0.05, 0.1) is 37.1 Å². The number of sulfonamides is 1. The van der Waals surface area contributed by atoms with Crippen LogP contribution in [0.3, 0.4) is 0 Å². The number of esters is 2. The Hall–Kier alpha value is -6.07. The maximum atomic E-state index is 14.6. The highest BCUT2D eigenvalue weighted by atomic mass is 32.2. The number of amides is 1. The number of aryl methyl sites for hydroxylation is 2. The summed E-state index contributed by atoms with van der Waals surface area (Å²) in [5.41, 5.74) is 3.12. The summed E-state index contributed by atoms with van der Waals surface area (Å²) in [6.07, 6.45) is 2.01. The number of methoxy groups -OCH3 is 2. The third-order valence-electron chi connectivity index (χ3n) is 8.15. The van der Waals surface area contributed by atoms with E-state index < -0.39 is 47.5 Å². The number of nitriles is 1. The summed E-state index contributed by atoms with van der Waals surface area (Å²) >= 11 is 0. The van der Waals surface area contributed by atoms with Crippen molar-refractivity contribution < 1.29 is 37.1 Å². The average molecular weight is 696 g/mol. The van der Waals surface area contributed by atoms with Gasteiger partial charge in [0, 0.05) is 40.2 Å². The normalized spacial score (nSPS) is 11.2. The molecule has 2 heterocycles. The van der Waals surface area contributed by atoms with Crippen LogP contribution in [0.25, 0.3) is 21.8 Å². The highest BCUT2D eigenvalue weighted by Crippen LogP contribution is 2.33. The number of benzene rings is 3. The minimum Gasteiger partial charge on any atom is -0.468 e. The van der Waals surface area contributed by atoms with Crippen LogP contribution in [-0.2, 0) is 40.3 Å². The number of fused-ring (bicyclic) bond motifs is 2. The lowest BCUT2D eigenvalue weighted by Crippen LogP contribution is -2.47. The molecular formula is C36H33N5O8S. The number of hydrogen-bond acceptors (Lipinski definition) is 10. The Balaban J connectivity index is 1.58. The zero-order valence-electron chi connectivity index (χ0n) is 27.5. The van der Waals surface area contributed by atoms with Gasteiger partial charge in [-0.05, 0) is 61.4 Å². The van der Waals surface area contributed by atoms with E-state index in [0.29, 0.717) is 39.5 Å². The molecule has 5 aromatic rings. The lowest BCUT2D eigenvalue weighted by atomic mass is 9.99. The smallest absolute Gasteiger partial charge is 0.325 e. The van der Waals surface area contributed by atoms with Crippen LogP contribution in [0.5, 0.6) is 0 Å². The highest BCUT2D eigenvalue weighted by molar-refractivity contribution is 7.93. The molecule has 1 amide bonds. The van der Waals surface area contributed by atoms with Gasteiger partial charge in [0.25, 0.3) is 10.0 Å². The van der Waals surface area contributed by atoms with Crippen molar-refractivity contribution in [1.29, 1.82) is 5.26 Å². The van der Waals surface area contributed by atoms with Gasteiger partial charge in [-0.3, -0.25) is 28.5 Å². The Bertz CT molecular complexity index is 2230. The maximum Gasteiger partial charge on any atom is 0.325 e. The van der Waals surface area contributed by atoms with Gasteiger partial charge in [-0.25, -0.2) is 8.42 Å². The van der Waals surface area contributed by atoms with Crippen LogP contribution in [0.4, 0.5) is 5.69 Å². The van der Waals surface area contributed by atoms with Crippen LogP contribution < -0.4 is 4.31 Å². The van der Waals surface area contributed by atoms with Crippen molar-refractivity contribution in [2.24, 2.45) is 0 Å². The molecule has 0 bridgehead atoms. The van der Waals surface area contributed by atoms with Gasteiger partial charge < -0.3 is 19.4 Å². The van der Waals surface area contributed by atoms with Crippen molar-refractivity contribution in [2.45, 2.75) is 24.7 Å². The van der Waals surface area contributed by atoms with E-state index in [2.05, 4.69) is 16.0 Å². The van der Waals surface area contributed by atoms with Crippen LogP contribution in [-0.4, -0.2) is 80.8 Å². The van der Waals surface area contributed by atoms with E-state index in [1.54, 1.807) is 61.5 Å². The molecule has 0 aliphatic rings. The molecule has 0 unspecified atom stereocenters. The molecule has 0 saturated heterocycles. The molecule has 2 aromatic heterocycles. The molecule has 0 saturated carbocycles. The fraction of sp³-hybridized carbons (Fsp3) is 0.222. The molecule has 3 aromatic carbocycles. The average Bonchev–Trinajstić information content (AvgIpc) is 3.46. The Morgan fingerprint density at radius 1 is 0.900 bits per heavy atom. The quantitative estimate of drug-likeness (QED) is 0.139. The second-order valence-corrected chi connectivity index (χ2v) is 13.2. The van der Waals surface area contributed by atoms with Crippen LogP contribution in [0.1, 0.15) is 33.6 Å². The first kappa shape index (κ1) is 35.2. The zero-order valence-corrected chi connectivity index (χ0v) is 28.3.